The summed E-state index contributed by atoms with van der Waals surface area (Å²) in [5.74, 6) is 2.85. The molecule has 0 saturated carbocycles. The van der Waals surface area contributed by atoms with Gasteiger partial charge in [-0.2, -0.15) is 0 Å². The summed E-state index contributed by atoms with van der Waals surface area (Å²) in [6.45, 7) is 4.62. The summed E-state index contributed by atoms with van der Waals surface area (Å²) in [6.07, 6.45) is 8.69. The first kappa shape index (κ1) is 23.5. The Labute approximate surface area is 207 Å². The second-order valence-electron chi connectivity index (χ2n) is 9.44. The Bertz CT molecular complexity index is 1120. The normalized spacial score (nSPS) is 17.5. The lowest BCUT2D eigenvalue weighted by molar-refractivity contribution is 0.157. The van der Waals surface area contributed by atoms with Gasteiger partial charge in [-0.15, -0.1) is 10.2 Å². The molecule has 8 heteroatoms. The second-order valence-corrected chi connectivity index (χ2v) is 9.44. The van der Waals surface area contributed by atoms with Crippen molar-refractivity contribution in [1.29, 1.82) is 0 Å². The molecule has 0 bridgehead atoms. The highest BCUT2D eigenvalue weighted by atomic mass is 15.3. The minimum Gasteiger partial charge on any atom is -0.356 e. The van der Waals surface area contributed by atoms with E-state index in [0.29, 0.717) is 6.04 Å². The molecule has 0 radical (unpaired) electrons. The van der Waals surface area contributed by atoms with Crippen LogP contribution in [0, 0.1) is 0 Å². The van der Waals surface area contributed by atoms with Crippen LogP contribution in [0.25, 0.3) is 11.4 Å². The molecule has 5 rings (SSSR count). The van der Waals surface area contributed by atoms with Crippen LogP contribution in [0.1, 0.15) is 55.2 Å². The van der Waals surface area contributed by atoms with Gasteiger partial charge in [0.2, 0.25) is 0 Å². The maximum atomic E-state index is 4.82. The lowest BCUT2D eigenvalue weighted by Crippen LogP contribution is -2.41. The van der Waals surface area contributed by atoms with Crippen LogP contribution in [0.3, 0.4) is 0 Å². The van der Waals surface area contributed by atoms with E-state index in [2.05, 4.69) is 66.6 Å². The highest BCUT2D eigenvalue weighted by Crippen LogP contribution is 2.34. The number of hydrogen-bond donors (Lipinski definition) is 2. The van der Waals surface area contributed by atoms with Crippen LogP contribution in [-0.2, 0) is 20.0 Å². The number of nitrogens with one attached hydrogen (secondary N) is 2. The third-order valence-corrected chi connectivity index (χ3v) is 7.01. The summed E-state index contributed by atoms with van der Waals surface area (Å²) in [5.41, 5.74) is 3.72. The van der Waals surface area contributed by atoms with E-state index < -0.39 is 0 Å². The highest BCUT2D eigenvalue weighted by molar-refractivity contribution is 5.80. The predicted molar refractivity (Wildman–Crippen MR) is 139 cm³/mol. The number of pyridine rings is 1. The zero-order valence-corrected chi connectivity index (χ0v) is 20.7. The first-order valence-corrected chi connectivity index (χ1v) is 12.9. The summed E-state index contributed by atoms with van der Waals surface area (Å²) in [6, 6.07) is 14.9. The van der Waals surface area contributed by atoms with Crippen molar-refractivity contribution in [2.75, 3.05) is 26.2 Å². The van der Waals surface area contributed by atoms with Crippen molar-refractivity contribution in [2.24, 2.45) is 12.0 Å². The third-order valence-electron chi connectivity index (χ3n) is 7.01. The molecule has 3 heterocycles. The van der Waals surface area contributed by atoms with Gasteiger partial charge in [0.25, 0.3) is 0 Å². The molecule has 0 fully saturated rings. The van der Waals surface area contributed by atoms with Gasteiger partial charge in [0.15, 0.2) is 11.8 Å². The van der Waals surface area contributed by atoms with Crippen molar-refractivity contribution in [3.63, 3.8) is 0 Å². The van der Waals surface area contributed by atoms with Crippen LogP contribution in [0.4, 0.5) is 0 Å². The number of benzene rings is 1. The standard InChI is InChI=1S/C27H36N8/c1-34-24(32-33-26(34)22-10-3-2-4-11-22)20-35(19-6-5-15-29-27-30-17-9-18-31-27)23-14-7-12-21-13-8-16-28-25(21)23/h2-4,8,10-11,13,16,23H,5-7,9,12,14-15,17-20H2,1H3,(H2,29,30,31). The van der Waals surface area contributed by atoms with Crippen LogP contribution >= 0.6 is 0 Å². The quantitative estimate of drug-likeness (QED) is 0.464. The minimum atomic E-state index is 0.314. The van der Waals surface area contributed by atoms with Gasteiger partial charge in [-0.05, 0) is 56.7 Å². The van der Waals surface area contributed by atoms with Crippen molar-refractivity contribution in [3.05, 3.63) is 65.7 Å². The van der Waals surface area contributed by atoms with Gasteiger partial charge in [-0.25, -0.2) is 0 Å². The summed E-state index contributed by atoms with van der Waals surface area (Å²) >= 11 is 0. The Morgan fingerprint density at radius 2 is 2.00 bits per heavy atom. The zero-order chi connectivity index (χ0) is 23.9. The Morgan fingerprint density at radius 3 is 2.86 bits per heavy atom. The van der Waals surface area contributed by atoms with E-state index in [4.69, 9.17) is 4.98 Å². The Kier molecular flexibility index (Phi) is 7.68. The smallest absolute Gasteiger partial charge is 0.191 e. The Hall–Kier alpha value is -3.26. The summed E-state index contributed by atoms with van der Waals surface area (Å²) < 4.78 is 2.14. The van der Waals surface area contributed by atoms with Crippen LogP contribution < -0.4 is 10.6 Å². The van der Waals surface area contributed by atoms with Crippen molar-refractivity contribution in [1.82, 2.24) is 35.3 Å². The molecule has 8 nitrogen and oxygen atoms in total. The Balaban J connectivity index is 1.29. The summed E-state index contributed by atoms with van der Waals surface area (Å²) in [7, 11) is 2.07. The molecule has 1 aromatic carbocycles. The number of nitrogens with zero attached hydrogens (tertiary/aromatic N) is 6. The van der Waals surface area contributed by atoms with E-state index in [-0.39, 0.29) is 0 Å². The molecule has 2 aromatic heterocycles. The second kappa shape index (κ2) is 11.4. The number of guanidine groups is 1. The molecule has 0 spiro atoms. The topological polar surface area (TPSA) is 83.3 Å². The maximum Gasteiger partial charge on any atom is 0.191 e. The molecule has 3 aromatic rings. The number of aromatic nitrogens is 4. The van der Waals surface area contributed by atoms with E-state index >= 15 is 0 Å². The van der Waals surface area contributed by atoms with Crippen molar-refractivity contribution in [3.8, 4) is 11.4 Å². The molecule has 184 valence electrons. The summed E-state index contributed by atoms with van der Waals surface area (Å²) in [4.78, 5) is 11.9. The molecule has 1 aliphatic carbocycles. The number of hydrogen-bond acceptors (Lipinski definition) is 7. The minimum absolute atomic E-state index is 0.314. The van der Waals surface area contributed by atoms with E-state index in [0.717, 1.165) is 88.0 Å². The number of aliphatic imine (C=N–C) groups is 1. The van der Waals surface area contributed by atoms with Gasteiger partial charge in [-0.1, -0.05) is 36.4 Å². The average molecular weight is 473 g/mol. The molecule has 0 saturated heterocycles. The fourth-order valence-corrected chi connectivity index (χ4v) is 5.10. The lowest BCUT2D eigenvalue weighted by Gasteiger charge is -2.34. The van der Waals surface area contributed by atoms with Gasteiger partial charge >= 0.3 is 0 Å². The van der Waals surface area contributed by atoms with Gasteiger partial charge in [0.05, 0.1) is 18.3 Å². The van der Waals surface area contributed by atoms with Crippen molar-refractivity contribution in [2.45, 2.75) is 51.1 Å². The van der Waals surface area contributed by atoms with Crippen molar-refractivity contribution >= 4 is 5.96 Å². The molecule has 35 heavy (non-hydrogen) atoms. The van der Waals surface area contributed by atoms with E-state index in [1.54, 1.807) is 0 Å². The lowest BCUT2D eigenvalue weighted by atomic mass is 9.90. The van der Waals surface area contributed by atoms with E-state index in [1.807, 2.05) is 24.4 Å². The fourth-order valence-electron chi connectivity index (χ4n) is 5.10. The van der Waals surface area contributed by atoms with E-state index in [1.165, 1.54) is 17.7 Å². The number of fused-ring (bicyclic) bond motifs is 1. The third kappa shape index (κ3) is 5.70. The first-order chi connectivity index (χ1) is 17.3. The van der Waals surface area contributed by atoms with Crippen LogP contribution in [-0.4, -0.2) is 56.8 Å². The molecule has 2 aliphatic rings. The average Bonchev–Trinajstić information content (AvgIpc) is 3.28. The molecule has 1 aliphatic heterocycles. The van der Waals surface area contributed by atoms with E-state index in [9.17, 15) is 0 Å². The van der Waals surface area contributed by atoms with Gasteiger partial charge in [-0.3, -0.25) is 14.9 Å². The van der Waals surface area contributed by atoms with Gasteiger partial charge in [0.1, 0.15) is 5.82 Å². The SMILES string of the molecule is Cn1c(CN(CCCCNC2=NCCCN2)C2CCCc3cccnc32)nnc1-c1ccccc1. The number of rotatable bonds is 9. The first-order valence-electron chi connectivity index (χ1n) is 12.9. The molecule has 1 atom stereocenters. The Morgan fingerprint density at radius 1 is 1.09 bits per heavy atom. The van der Waals surface area contributed by atoms with Crippen molar-refractivity contribution < 1.29 is 0 Å². The monoisotopic (exact) mass is 472 g/mol. The zero-order valence-electron chi connectivity index (χ0n) is 20.7. The number of aryl methyl sites for hydroxylation is 1. The van der Waals surface area contributed by atoms with Gasteiger partial charge in [0, 0.05) is 38.4 Å². The molecule has 0 amide bonds. The van der Waals surface area contributed by atoms with Gasteiger partial charge < -0.3 is 15.2 Å². The molecule has 2 N–H and O–H groups in total. The van der Waals surface area contributed by atoms with Crippen LogP contribution in [0.5, 0.6) is 0 Å². The number of unbranched alkanes of at least 4 members (excludes halogenated alkanes) is 1. The largest absolute Gasteiger partial charge is 0.356 e. The highest BCUT2D eigenvalue weighted by Gasteiger charge is 2.28. The summed E-state index contributed by atoms with van der Waals surface area (Å²) in [5, 5.41) is 15.9. The molecular formula is C27H36N8. The molecular weight excluding hydrogens is 436 g/mol. The predicted octanol–water partition coefficient (Wildman–Crippen LogP) is 3.48. The van der Waals surface area contributed by atoms with Crippen LogP contribution in [0.15, 0.2) is 53.7 Å². The molecule has 1 unspecified atom stereocenters. The maximum absolute atomic E-state index is 4.82. The van der Waals surface area contributed by atoms with Crippen LogP contribution in [0.2, 0.25) is 0 Å². The fraction of sp³-hybridized carbons (Fsp3) is 0.481.